The maximum absolute atomic E-state index is 13.9. The van der Waals surface area contributed by atoms with E-state index in [4.69, 9.17) is 4.74 Å². The Balaban J connectivity index is 1.85. The van der Waals surface area contributed by atoms with Gasteiger partial charge in [0.05, 0.1) is 23.4 Å². The summed E-state index contributed by atoms with van der Waals surface area (Å²) in [6.45, 7) is 0.109. The van der Waals surface area contributed by atoms with Gasteiger partial charge in [0.15, 0.2) is 0 Å². The standard InChI is InChI=1S/C22H19F3N4O3/c1-32-10-8-15-12-21(31,22(23,24)25)29(28-15)20(30)17-11-19(14-5-4-9-26-13-14)27-18-7-3-2-6-16(17)18/h2-7,9,11,13,31H,8,10,12H2,1H3/t21-/m0/s1. The molecule has 0 fully saturated rings. The average molecular weight is 444 g/mol. The van der Waals surface area contributed by atoms with Crippen molar-refractivity contribution in [1.82, 2.24) is 15.0 Å². The number of pyridine rings is 2. The number of alkyl halides is 3. The van der Waals surface area contributed by atoms with E-state index in [0.717, 1.165) is 0 Å². The Kier molecular flexibility index (Phi) is 5.66. The van der Waals surface area contributed by atoms with Crippen molar-refractivity contribution in [3.8, 4) is 11.3 Å². The maximum atomic E-state index is 13.9. The molecule has 1 aromatic carbocycles. The number of benzene rings is 1. The molecule has 3 aromatic rings. The van der Waals surface area contributed by atoms with Gasteiger partial charge in [-0.05, 0) is 24.3 Å². The number of methoxy groups -OCH3 is 1. The summed E-state index contributed by atoms with van der Waals surface area (Å²) in [6.07, 6.45) is -2.80. The topological polar surface area (TPSA) is 87.9 Å². The quantitative estimate of drug-likeness (QED) is 0.647. The summed E-state index contributed by atoms with van der Waals surface area (Å²) < 4.78 is 46.5. The van der Waals surface area contributed by atoms with Crippen molar-refractivity contribution in [3.05, 3.63) is 60.4 Å². The first-order valence-electron chi connectivity index (χ1n) is 9.74. The number of hydrazone groups is 1. The van der Waals surface area contributed by atoms with E-state index in [0.29, 0.717) is 22.2 Å². The minimum atomic E-state index is -5.12. The second-order valence-electron chi connectivity index (χ2n) is 7.33. The summed E-state index contributed by atoms with van der Waals surface area (Å²) in [5, 5.41) is 14.9. The molecule has 0 bridgehead atoms. The molecule has 1 amide bonds. The molecule has 1 aliphatic rings. The molecule has 3 heterocycles. The fourth-order valence-corrected chi connectivity index (χ4v) is 3.54. The molecule has 7 nitrogen and oxygen atoms in total. The van der Waals surface area contributed by atoms with Gasteiger partial charge in [0.1, 0.15) is 0 Å². The van der Waals surface area contributed by atoms with E-state index in [9.17, 15) is 23.1 Å². The van der Waals surface area contributed by atoms with Crippen molar-refractivity contribution >= 4 is 22.5 Å². The Bertz CT molecular complexity index is 1180. The number of aliphatic hydroxyl groups is 1. The fraction of sp³-hybridized carbons (Fsp3) is 0.273. The van der Waals surface area contributed by atoms with Crippen LogP contribution in [0.5, 0.6) is 0 Å². The predicted octanol–water partition coefficient (Wildman–Crippen LogP) is 3.79. The molecule has 32 heavy (non-hydrogen) atoms. The second kappa shape index (κ2) is 8.29. The van der Waals surface area contributed by atoms with Crippen molar-refractivity contribution in [2.24, 2.45) is 5.10 Å². The van der Waals surface area contributed by atoms with E-state index in [-0.39, 0.29) is 29.3 Å². The van der Waals surface area contributed by atoms with Gasteiger partial charge in [-0.3, -0.25) is 9.78 Å². The van der Waals surface area contributed by atoms with Crippen LogP contribution in [0.25, 0.3) is 22.2 Å². The van der Waals surface area contributed by atoms with Crippen LogP contribution in [0.2, 0.25) is 0 Å². The first kappa shape index (κ1) is 21.8. The summed E-state index contributed by atoms with van der Waals surface area (Å²) in [5.74, 6) is -1.08. The molecule has 1 N–H and O–H groups in total. The van der Waals surface area contributed by atoms with Gasteiger partial charge in [0, 0.05) is 49.0 Å². The van der Waals surface area contributed by atoms with E-state index in [1.54, 1.807) is 42.6 Å². The molecule has 0 saturated carbocycles. The lowest BCUT2D eigenvalue weighted by Gasteiger charge is -2.32. The van der Waals surface area contributed by atoms with E-state index < -0.39 is 24.2 Å². The van der Waals surface area contributed by atoms with Gasteiger partial charge in [-0.25, -0.2) is 4.98 Å². The van der Waals surface area contributed by atoms with Crippen LogP contribution in [0.4, 0.5) is 13.2 Å². The molecule has 166 valence electrons. The number of fused-ring (bicyclic) bond motifs is 1. The van der Waals surface area contributed by atoms with Crippen LogP contribution < -0.4 is 0 Å². The Morgan fingerprint density at radius 2 is 2.03 bits per heavy atom. The predicted molar refractivity (Wildman–Crippen MR) is 111 cm³/mol. The van der Waals surface area contributed by atoms with Gasteiger partial charge in [0.25, 0.3) is 11.6 Å². The zero-order valence-electron chi connectivity index (χ0n) is 17.0. The molecule has 0 unspecified atom stereocenters. The lowest BCUT2D eigenvalue weighted by Crippen LogP contribution is -2.56. The molecular weight excluding hydrogens is 425 g/mol. The Morgan fingerprint density at radius 1 is 1.25 bits per heavy atom. The van der Waals surface area contributed by atoms with E-state index >= 15 is 0 Å². The maximum Gasteiger partial charge on any atom is 0.438 e. The summed E-state index contributed by atoms with van der Waals surface area (Å²) in [7, 11) is 1.40. The molecule has 0 aliphatic carbocycles. The van der Waals surface area contributed by atoms with Crippen LogP contribution in [0.3, 0.4) is 0 Å². The molecule has 0 radical (unpaired) electrons. The third kappa shape index (κ3) is 3.82. The molecular formula is C22H19F3N4O3. The van der Waals surface area contributed by atoms with Crippen LogP contribution in [0.1, 0.15) is 23.2 Å². The highest BCUT2D eigenvalue weighted by atomic mass is 19.4. The number of carbonyl (C=O) groups is 1. The minimum Gasteiger partial charge on any atom is -0.384 e. The van der Waals surface area contributed by atoms with Gasteiger partial charge in [0.2, 0.25) is 0 Å². The van der Waals surface area contributed by atoms with Gasteiger partial charge in [-0.1, -0.05) is 18.2 Å². The molecule has 1 aliphatic heterocycles. The van der Waals surface area contributed by atoms with Crippen LogP contribution in [0.15, 0.2) is 60.0 Å². The monoisotopic (exact) mass is 444 g/mol. The largest absolute Gasteiger partial charge is 0.438 e. The van der Waals surface area contributed by atoms with Gasteiger partial charge in [-0.15, -0.1) is 0 Å². The third-order valence-corrected chi connectivity index (χ3v) is 5.19. The summed E-state index contributed by atoms with van der Waals surface area (Å²) in [6, 6.07) is 11.4. The van der Waals surface area contributed by atoms with Crippen LogP contribution >= 0.6 is 0 Å². The Morgan fingerprint density at radius 3 is 2.72 bits per heavy atom. The number of ether oxygens (including phenoxy) is 1. The third-order valence-electron chi connectivity index (χ3n) is 5.19. The molecule has 1 atom stereocenters. The highest BCUT2D eigenvalue weighted by Gasteiger charge is 2.63. The number of nitrogens with zero attached hydrogens (tertiary/aromatic N) is 4. The average Bonchev–Trinajstić information content (AvgIpc) is 3.14. The number of para-hydroxylation sites is 1. The van der Waals surface area contributed by atoms with E-state index in [1.807, 2.05) is 0 Å². The zero-order chi connectivity index (χ0) is 22.9. The number of hydrogen-bond acceptors (Lipinski definition) is 6. The Hall–Kier alpha value is -3.37. The summed E-state index contributed by atoms with van der Waals surface area (Å²) in [5.41, 5.74) is -2.13. The van der Waals surface area contributed by atoms with E-state index in [2.05, 4.69) is 15.1 Å². The number of hydrogen-bond donors (Lipinski definition) is 1. The number of aromatic nitrogens is 2. The highest BCUT2D eigenvalue weighted by Crippen LogP contribution is 2.42. The lowest BCUT2D eigenvalue weighted by atomic mass is 10.0. The van der Waals surface area contributed by atoms with Gasteiger partial charge < -0.3 is 9.84 Å². The molecule has 4 rings (SSSR count). The number of amides is 1. The number of halogens is 3. The van der Waals surface area contributed by atoms with Crippen molar-refractivity contribution in [2.75, 3.05) is 13.7 Å². The second-order valence-corrected chi connectivity index (χ2v) is 7.33. The van der Waals surface area contributed by atoms with Crippen LogP contribution in [-0.4, -0.2) is 57.3 Å². The van der Waals surface area contributed by atoms with Crippen molar-refractivity contribution in [2.45, 2.75) is 24.7 Å². The van der Waals surface area contributed by atoms with Crippen LogP contribution in [0, 0.1) is 0 Å². The van der Waals surface area contributed by atoms with E-state index in [1.165, 1.54) is 19.4 Å². The molecule has 0 spiro atoms. The van der Waals surface area contributed by atoms with Crippen molar-refractivity contribution in [3.63, 3.8) is 0 Å². The lowest BCUT2D eigenvalue weighted by molar-refractivity contribution is -0.297. The summed E-state index contributed by atoms with van der Waals surface area (Å²) in [4.78, 5) is 21.9. The van der Waals surface area contributed by atoms with Crippen LogP contribution in [-0.2, 0) is 4.74 Å². The number of rotatable bonds is 5. The summed E-state index contributed by atoms with van der Waals surface area (Å²) >= 11 is 0. The number of carbonyl (C=O) groups excluding carboxylic acids is 1. The first-order valence-corrected chi connectivity index (χ1v) is 9.74. The minimum absolute atomic E-state index is 0.0193. The molecule has 10 heteroatoms. The van der Waals surface area contributed by atoms with Crippen molar-refractivity contribution < 1.29 is 27.8 Å². The first-order chi connectivity index (χ1) is 15.2. The van der Waals surface area contributed by atoms with Crippen molar-refractivity contribution in [1.29, 1.82) is 0 Å². The fourth-order valence-electron chi connectivity index (χ4n) is 3.54. The normalized spacial score (nSPS) is 18.8. The highest BCUT2D eigenvalue weighted by molar-refractivity contribution is 6.08. The molecule has 0 saturated heterocycles. The Labute approximate surface area is 181 Å². The SMILES string of the molecule is COCCC1=NN(C(=O)c2cc(-c3cccnc3)nc3ccccc23)[C@@](O)(C(F)(F)F)C1. The molecule has 2 aromatic heterocycles. The van der Waals surface area contributed by atoms with Gasteiger partial charge in [-0.2, -0.15) is 23.3 Å². The smallest absolute Gasteiger partial charge is 0.384 e. The van der Waals surface area contributed by atoms with Gasteiger partial charge >= 0.3 is 6.18 Å². The zero-order valence-corrected chi connectivity index (χ0v) is 17.0.